The largest absolute Gasteiger partial charge is 0.497 e. The molecule has 0 radical (unpaired) electrons. The number of methoxy groups -OCH3 is 1. The molecule has 0 spiro atoms. The summed E-state index contributed by atoms with van der Waals surface area (Å²) in [6, 6.07) is 8.85. The number of amidine groups is 1. The number of carbonyl (C=O) groups is 3. The van der Waals surface area contributed by atoms with Gasteiger partial charge in [0, 0.05) is 43.0 Å². The number of benzene rings is 2. The quantitative estimate of drug-likeness (QED) is 0.202. The standard InChI is InChI=1S/C21H25FN4O5.C2H4O2/c1-3-31-19(15-7-6-14(30-2)9-16(15)22)21(29)26-10-13-5-4-12(20(23)24)8-17(13)25-11-18(27)28;1-2(3)4/h4-9,19,25H,3,10-11H2,1-2H3,(H3,23,24)(H,26,29)(H,27,28);1H3,(H,3,4). The predicted molar refractivity (Wildman–Crippen MR) is 126 cm³/mol. The van der Waals surface area contributed by atoms with Crippen molar-refractivity contribution in [2.45, 2.75) is 26.5 Å². The molecule has 0 heterocycles. The van der Waals surface area contributed by atoms with Gasteiger partial charge in [0.2, 0.25) is 0 Å². The lowest BCUT2D eigenvalue weighted by Crippen LogP contribution is -2.31. The Hall–Kier alpha value is -4.19. The second-order valence-electron chi connectivity index (χ2n) is 6.99. The number of ether oxygens (including phenoxy) is 2. The number of carbonyl (C=O) groups excluding carboxylic acids is 1. The van der Waals surface area contributed by atoms with E-state index in [1.165, 1.54) is 31.4 Å². The number of halogens is 1. The first-order valence-corrected chi connectivity index (χ1v) is 10.3. The number of amides is 1. The zero-order valence-corrected chi connectivity index (χ0v) is 19.6. The van der Waals surface area contributed by atoms with Gasteiger partial charge >= 0.3 is 5.97 Å². The summed E-state index contributed by atoms with van der Waals surface area (Å²) < 4.78 is 24.9. The van der Waals surface area contributed by atoms with Crippen molar-refractivity contribution in [2.24, 2.45) is 5.73 Å². The molecule has 1 amide bonds. The van der Waals surface area contributed by atoms with E-state index >= 15 is 0 Å². The molecule has 7 N–H and O–H groups in total. The molecule has 190 valence electrons. The predicted octanol–water partition coefficient (Wildman–Crippen LogP) is 2.10. The molecular weight excluding hydrogens is 463 g/mol. The van der Waals surface area contributed by atoms with Gasteiger partial charge in [-0.25, -0.2) is 4.39 Å². The number of aliphatic carboxylic acids is 2. The molecule has 0 aliphatic heterocycles. The molecule has 1 unspecified atom stereocenters. The number of rotatable bonds is 11. The third kappa shape index (κ3) is 9.68. The van der Waals surface area contributed by atoms with E-state index in [-0.39, 0.29) is 31.1 Å². The summed E-state index contributed by atoms with van der Waals surface area (Å²) in [5.74, 6) is -2.97. The highest BCUT2D eigenvalue weighted by molar-refractivity contribution is 5.96. The van der Waals surface area contributed by atoms with Crippen molar-refractivity contribution < 1.29 is 38.5 Å². The first kappa shape index (κ1) is 28.8. The van der Waals surface area contributed by atoms with E-state index in [1.807, 2.05) is 0 Å². The van der Waals surface area contributed by atoms with Crippen molar-refractivity contribution >= 4 is 29.4 Å². The van der Waals surface area contributed by atoms with Gasteiger partial charge in [0.15, 0.2) is 6.10 Å². The molecule has 2 aromatic carbocycles. The lowest BCUT2D eigenvalue weighted by atomic mass is 10.1. The lowest BCUT2D eigenvalue weighted by molar-refractivity contribution is -0.135. The molecule has 0 saturated carbocycles. The van der Waals surface area contributed by atoms with Gasteiger partial charge in [-0.15, -0.1) is 0 Å². The van der Waals surface area contributed by atoms with Crippen LogP contribution in [-0.4, -0.2) is 54.2 Å². The topological polar surface area (TPSA) is 184 Å². The monoisotopic (exact) mass is 492 g/mol. The first-order chi connectivity index (χ1) is 16.5. The van der Waals surface area contributed by atoms with E-state index in [2.05, 4.69) is 10.6 Å². The van der Waals surface area contributed by atoms with Crippen LogP contribution < -0.4 is 21.1 Å². The van der Waals surface area contributed by atoms with Crippen LogP contribution in [0.1, 0.15) is 36.6 Å². The first-order valence-electron chi connectivity index (χ1n) is 10.3. The number of nitrogens with two attached hydrogens (primary N) is 1. The smallest absolute Gasteiger partial charge is 0.322 e. The van der Waals surface area contributed by atoms with E-state index in [9.17, 15) is 14.0 Å². The van der Waals surface area contributed by atoms with Crippen molar-refractivity contribution in [1.29, 1.82) is 5.41 Å². The highest BCUT2D eigenvalue weighted by Gasteiger charge is 2.24. The summed E-state index contributed by atoms with van der Waals surface area (Å²) in [6.45, 7) is 2.61. The third-order valence-electron chi connectivity index (χ3n) is 4.37. The molecule has 2 rings (SSSR count). The number of carboxylic acid groups (broad SMARTS) is 2. The van der Waals surface area contributed by atoms with E-state index in [4.69, 9.17) is 35.6 Å². The second kappa shape index (κ2) is 14.2. The zero-order valence-electron chi connectivity index (χ0n) is 19.6. The van der Waals surface area contributed by atoms with Gasteiger partial charge in [-0.3, -0.25) is 19.8 Å². The fraction of sp³-hybridized carbons (Fsp3) is 0.304. The maximum absolute atomic E-state index is 14.5. The van der Waals surface area contributed by atoms with Crippen molar-refractivity contribution in [3.63, 3.8) is 0 Å². The van der Waals surface area contributed by atoms with E-state index in [0.717, 1.165) is 6.92 Å². The van der Waals surface area contributed by atoms with E-state index in [1.54, 1.807) is 19.1 Å². The van der Waals surface area contributed by atoms with Crippen LogP contribution in [0.15, 0.2) is 36.4 Å². The van der Waals surface area contributed by atoms with Crippen LogP contribution in [0.4, 0.5) is 10.1 Å². The minimum atomic E-state index is -1.18. The van der Waals surface area contributed by atoms with Gasteiger partial charge in [-0.2, -0.15) is 0 Å². The summed E-state index contributed by atoms with van der Waals surface area (Å²) >= 11 is 0. The van der Waals surface area contributed by atoms with Gasteiger partial charge in [0.25, 0.3) is 11.9 Å². The van der Waals surface area contributed by atoms with Gasteiger partial charge in [0.1, 0.15) is 23.9 Å². The number of nitrogens with one attached hydrogen (secondary N) is 3. The van der Waals surface area contributed by atoms with Gasteiger partial charge in [-0.05, 0) is 30.7 Å². The van der Waals surface area contributed by atoms with Gasteiger partial charge in [0.05, 0.1) is 7.11 Å². The number of carboxylic acids is 2. The number of hydrogen-bond donors (Lipinski definition) is 6. The fourth-order valence-corrected chi connectivity index (χ4v) is 2.83. The summed E-state index contributed by atoms with van der Waals surface area (Å²) in [7, 11) is 1.41. The van der Waals surface area contributed by atoms with Crippen molar-refractivity contribution in [3.8, 4) is 5.75 Å². The molecule has 1 atom stereocenters. The average Bonchev–Trinajstić information content (AvgIpc) is 2.79. The molecule has 12 heteroatoms. The highest BCUT2D eigenvalue weighted by Crippen LogP contribution is 2.25. The highest BCUT2D eigenvalue weighted by atomic mass is 19.1. The Morgan fingerprint density at radius 2 is 1.83 bits per heavy atom. The summed E-state index contributed by atoms with van der Waals surface area (Å²) in [5.41, 5.74) is 6.92. The van der Waals surface area contributed by atoms with Crippen LogP contribution in [0.2, 0.25) is 0 Å². The molecule has 11 nitrogen and oxygen atoms in total. The summed E-state index contributed by atoms with van der Waals surface area (Å²) in [5, 5.41) is 29.3. The van der Waals surface area contributed by atoms with Gasteiger partial charge < -0.3 is 36.1 Å². The van der Waals surface area contributed by atoms with Crippen LogP contribution in [0, 0.1) is 11.2 Å². The van der Waals surface area contributed by atoms with Crippen LogP contribution in [0.5, 0.6) is 5.75 Å². The minimum absolute atomic E-state index is 0.0142. The Morgan fingerprint density at radius 3 is 2.34 bits per heavy atom. The molecule has 0 aliphatic carbocycles. The number of hydrogen-bond acceptors (Lipinski definition) is 7. The molecule has 0 saturated heterocycles. The zero-order chi connectivity index (χ0) is 26.5. The van der Waals surface area contributed by atoms with Gasteiger partial charge in [-0.1, -0.05) is 12.1 Å². The van der Waals surface area contributed by atoms with E-state index < -0.39 is 29.8 Å². The Kier molecular flexibility index (Phi) is 11.7. The molecule has 0 aromatic heterocycles. The molecule has 2 aromatic rings. The molecule has 0 aliphatic rings. The SMILES string of the molecule is CC(=O)O.CCOC(C(=O)NCc1ccc(C(=N)N)cc1NCC(=O)O)c1ccc(OC)cc1F. The third-order valence-corrected chi connectivity index (χ3v) is 4.37. The maximum Gasteiger partial charge on any atom is 0.322 e. The Morgan fingerprint density at radius 1 is 1.17 bits per heavy atom. The van der Waals surface area contributed by atoms with Crippen LogP contribution in [0.25, 0.3) is 0 Å². The normalized spacial score (nSPS) is 10.9. The van der Waals surface area contributed by atoms with Crippen molar-refractivity contribution in [3.05, 3.63) is 58.9 Å². The lowest BCUT2D eigenvalue weighted by Gasteiger charge is -2.19. The summed E-state index contributed by atoms with van der Waals surface area (Å²) in [6.07, 6.45) is -1.18. The average molecular weight is 493 g/mol. The number of nitrogen functional groups attached to an aromatic ring is 1. The van der Waals surface area contributed by atoms with Crippen LogP contribution in [0.3, 0.4) is 0 Å². The van der Waals surface area contributed by atoms with Crippen LogP contribution in [-0.2, 0) is 25.7 Å². The molecular formula is C23H29FN4O7. The Balaban J connectivity index is 0.00000142. The second-order valence-corrected chi connectivity index (χ2v) is 6.99. The Bertz CT molecular complexity index is 1060. The van der Waals surface area contributed by atoms with Crippen molar-refractivity contribution in [1.82, 2.24) is 5.32 Å². The molecule has 35 heavy (non-hydrogen) atoms. The number of anilines is 1. The molecule has 0 bridgehead atoms. The van der Waals surface area contributed by atoms with E-state index in [0.29, 0.717) is 22.6 Å². The van der Waals surface area contributed by atoms with Crippen LogP contribution >= 0.6 is 0 Å². The van der Waals surface area contributed by atoms with Crippen molar-refractivity contribution in [2.75, 3.05) is 25.6 Å². The molecule has 0 fully saturated rings. The minimum Gasteiger partial charge on any atom is -0.497 e. The Labute approximate surface area is 201 Å². The maximum atomic E-state index is 14.5. The fourth-order valence-electron chi connectivity index (χ4n) is 2.83. The summed E-state index contributed by atoms with van der Waals surface area (Å²) in [4.78, 5) is 32.7.